The third-order valence-electron chi connectivity index (χ3n) is 2.76. The van der Waals surface area contributed by atoms with Gasteiger partial charge < -0.3 is 5.32 Å². The second-order valence-electron chi connectivity index (χ2n) is 4.25. The van der Waals surface area contributed by atoms with Crippen molar-refractivity contribution < 1.29 is 0 Å². The molecule has 0 saturated heterocycles. The molecule has 0 atom stereocenters. The van der Waals surface area contributed by atoms with E-state index in [-0.39, 0.29) is 0 Å². The minimum atomic E-state index is 0.584. The highest BCUT2D eigenvalue weighted by Crippen LogP contribution is 2.26. The van der Waals surface area contributed by atoms with Crippen molar-refractivity contribution in [3.8, 4) is 6.07 Å². The van der Waals surface area contributed by atoms with E-state index < -0.39 is 0 Å². The van der Waals surface area contributed by atoms with Crippen LogP contribution in [0.3, 0.4) is 0 Å². The van der Waals surface area contributed by atoms with Crippen molar-refractivity contribution in [2.45, 2.75) is 13.8 Å². The molecule has 1 N–H and O–H groups in total. The summed E-state index contributed by atoms with van der Waals surface area (Å²) in [5.74, 6) is 0. The highest BCUT2D eigenvalue weighted by molar-refractivity contribution is 6.30. The molecular formula is C15H13ClN2. The summed E-state index contributed by atoms with van der Waals surface area (Å²) in [5, 5.41) is 13.0. The van der Waals surface area contributed by atoms with E-state index in [0.29, 0.717) is 10.6 Å². The minimum Gasteiger partial charge on any atom is -0.354 e. The largest absolute Gasteiger partial charge is 0.354 e. The molecule has 0 bridgehead atoms. The fourth-order valence-corrected chi connectivity index (χ4v) is 1.91. The smallest absolute Gasteiger partial charge is 0.101 e. The lowest BCUT2D eigenvalue weighted by Gasteiger charge is -2.12. The maximum Gasteiger partial charge on any atom is 0.101 e. The predicted molar refractivity (Wildman–Crippen MR) is 75.4 cm³/mol. The highest BCUT2D eigenvalue weighted by Gasteiger charge is 2.05. The van der Waals surface area contributed by atoms with Crippen LogP contribution in [-0.4, -0.2) is 0 Å². The van der Waals surface area contributed by atoms with E-state index in [4.69, 9.17) is 16.9 Å². The summed E-state index contributed by atoms with van der Waals surface area (Å²) in [6.45, 7) is 4.06. The monoisotopic (exact) mass is 256 g/mol. The van der Waals surface area contributed by atoms with Crippen molar-refractivity contribution in [3.63, 3.8) is 0 Å². The van der Waals surface area contributed by atoms with Gasteiger partial charge in [-0.15, -0.1) is 0 Å². The van der Waals surface area contributed by atoms with Gasteiger partial charge in [-0.25, -0.2) is 0 Å². The zero-order valence-corrected chi connectivity index (χ0v) is 11.0. The second kappa shape index (κ2) is 5.12. The zero-order valence-electron chi connectivity index (χ0n) is 10.3. The first kappa shape index (κ1) is 12.5. The first-order chi connectivity index (χ1) is 8.60. The van der Waals surface area contributed by atoms with Gasteiger partial charge in [0.05, 0.1) is 11.3 Å². The number of nitrogens with one attached hydrogen (secondary N) is 1. The Morgan fingerprint density at radius 3 is 2.56 bits per heavy atom. The molecule has 0 fully saturated rings. The molecule has 18 heavy (non-hydrogen) atoms. The van der Waals surface area contributed by atoms with Crippen LogP contribution in [0.1, 0.15) is 16.7 Å². The highest BCUT2D eigenvalue weighted by atomic mass is 35.5. The first-order valence-electron chi connectivity index (χ1n) is 5.64. The van der Waals surface area contributed by atoms with Gasteiger partial charge in [0, 0.05) is 10.7 Å². The molecule has 2 aromatic carbocycles. The third kappa shape index (κ3) is 2.64. The normalized spacial score (nSPS) is 9.89. The molecule has 0 aromatic heterocycles. The fourth-order valence-electron chi connectivity index (χ4n) is 1.73. The Bertz CT molecular complexity index is 627. The van der Waals surface area contributed by atoms with Gasteiger partial charge in [0.25, 0.3) is 0 Å². The number of nitriles is 1. The van der Waals surface area contributed by atoms with Crippen molar-refractivity contribution in [1.82, 2.24) is 0 Å². The standard InChI is InChI=1S/C15H13ClN2/c1-10-3-4-11(2)14(7-10)18-15-8-13(16)6-5-12(15)9-17/h3-8,18H,1-2H3. The van der Waals surface area contributed by atoms with Gasteiger partial charge >= 0.3 is 0 Å². The van der Waals surface area contributed by atoms with E-state index >= 15 is 0 Å². The van der Waals surface area contributed by atoms with Gasteiger partial charge in [-0.3, -0.25) is 0 Å². The van der Waals surface area contributed by atoms with E-state index in [2.05, 4.69) is 23.5 Å². The van der Waals surface area contributed by atoms with Crippen LogP contribution in [0, 0.1) is 25.2 Å². The Hall–Kier alpha value is -1.98. The quantitative estimate of drug-likeness (QED) is 0.854. The van der Waals surface area contributed by atoms with E-state index in [1.165, 1.54) is 5.56 Å². The van der Waals surface area contributed by atoms with E-state index in [9.17, 15) is 0 Å². The van der Waals surface area contributed by atoms with Gasteiger partial charge in [-0.2, -0.15) is 5.26 Å². The number of anilines is 2. The summed E-state index contributed by atoms with van der Waals surface area (Å²) in [7, 11) is 0. The lowest BCUT2D eigenvalue weighted by atomic mass is 10.1. The number of benzene rings is 2. The average molecular weight is 257 g/mol. The second-order valence-corrected chi connectivity index (χ2v) is 4.68. The molecule has 0 unspecified atom stereocenters. The molecular weight excluding hydrogens is 244 g/mol. The number of aryl methyl sites for hydroxylation is 2. The summed E-state index contributed by atoms with van der Waals surface area (Å²) < 4.78 is 0. The molecule has 2 rings (SSSR count). The lowest BCUT2D eigenvalue weighted by Crippen LogP contribution is -1.96. The van der Waals surface area contributed by atoms with Gasteiger partial charge in [0.2, 0.25) is 0 Å². The third-order valence-corrected chi connectivity index (χ3v) is 3.00. The minimum absolute atomic E-state index is 0.584. The number of halogens is 1. The van der Waals surface area contributed by atoms with Crippen LogP contribution in [-0.2, 0) is 0 Å². The van der Waals surface area contributed by atoms with Crippen LogP contribution < -0.4 is 5.32 Å². The first-order valence-corrected chi connectivity index (χ1v) is 6.02. The summed E-state index contributed by atoms with van der Waals surface area (Å²) in [6.07, 6.45) is 0. The van der Waals surface area contributed by atoms with Gasteiger partial charge in [0.1, 0.15) is 6.07 Å². The Morgan fingerprint density at radius 2 is 1.83 bits per heavy atom. The van der Waals surface area contributed by atoms with Crippen LogP contribution in [0.15, 0.2) is 36.4 Å². The van der Waals surface area contributed by atoms with Crippen LogP contribution in [0.25, 0.3) is 0 Å². The molecule has 0 amide bonds. The maximum absolute atomic E-state index is 9.08. The molecule has 0 spiro atoms. The Kier molecular flexibility index (Phi) is 3.55. The Balaban J connectivity index is 2.43. The van der Waals surface area contributed by atoms with Crippen molar-refractivity contribution in [2.24, 2.45) is 0 Å². The summed E-state index contributed by atoms with van der Waals surface area (Å²) in [6, 6.07) is 13.5. The fraction of sp³-hybridized carbons (Fsp3) is 0.133. The molecule has 3 heteroatoms. The maximum atomic E-state index is 9.08. The van der Waals surface area contributed by atoms with Crippen molar-refractivity contribution in [3.05, 3.63) is 58.1 Å². The van der Waals surface area contributed by atoms with E-state index in [1.54, 1.807) is 18.2 Å². The molecule has 2 aromatic rings. The van der Waals surface area contributed by atoms with E-state index in [0.717, 1.165) is 16.9 Å². The number of hydrogen-bond acceptors (Lipinski definition) is 2. The van der Waals surface area contributed by atoms with Crippen molar-refractivity contribution in [1.29, 1.82) is 5.26 Å². The van der Waals surface area contributed by atoms with Crippen LogP contribution in [0.2, 0.25) is 5.02 Å². The number of hydrogen-bond donors (Lipinski definition) is 1. The van der Waals surface area contributed by atoms with Crippen LogP contribution in [0.5, 0.6) is 0 Å². The Labute approximate surface area is 112 Å². The molecule has 0 aliphatic rings. The molecule has 0 radical (unpaired) electrons. The van der Waals surface area contributed by atoms with Gasteiger partial charge in [-0.05, 0) is 49.2 Å². The SMILES string of the molecule is Cc1ccc(C)c(Nc2cc(Cl)ccc2C#N)c1. The van der Waals surface area contributed by atoms with Gasteiger partial charge in [0.15, 0.2) is 0 Å². The van der Waals surface area contributed by atoms with Crippen LogP contribution in [0.4, 0.5) is 11.4 Å². The molecule has 0 aliphatic heterocycles. The zero-order chi connectivity index (χ0) is 13.1. The molecule has 0 aliphatic carbocycles. The van der Waals surface area contributed by atoms with Crippen molar-refractivity contribution >= 4 is 23.0 Å². The van der Waals surface area contributed by atoms with Gasteiger partial charge in [-0.1, -0.05) is 23.7 Å². The average Bonchev–Trinajstić information content (AvgIpc) is 2.34. The number of rotatable bonds is 2. The molecule has 0 saturated carbocycles. The predicted octanol–water partition coefficient (Wildman–Crippen LogP) is 4.57. The van der Waals surface area contributed by atoms with E-state index in [1.807, 2.05) is 19.9 Å². The summed E-state index contributed by atoms with van der Waals surface area (Å²) in [4.78, 5) is 0. The van der Waals surface area contributed by atoms with Crippen LogP contribution >= 0.6 is 11.6 Å². The Morgan fingerprint density at radius 1 is 1.06 bits per heavy atom. The summed E-state index contributed by atoms with van der Waals surface area (Å²) in [5.41, 5.74) is 4.61. The molecule has 90 valence electrons. The topological polar surface area (TPSA) is 35.8 Å². The summed E-state index contributed by atoms with van der Waals surface area (Å²) >= 11 is 5.96. The molecule has 0 heterocycles. The molecule has 2 nitrogen and oxygen atoms in total. The lowest BCUT2D eigenvalue weighted by molar-refractivity contribution is 1.37. The number of nitrogens with zero attached hydrogens (tertiary/aromatic N) is 1. The van der Waals surface area contributed by atoms with Crippen molar-refractivity contribution in [2.75, 3.05) is 5.32 Å².